The highest BCUT2D eigenvalue weighted by atomic mass is 19.1. The Labute approximate surface area is 141 Å². The van der Waals surface area contributed by atoms with Crippen molar-refractivity contribution < 1.29 is 18.7 Å². The summed E-state index contributed by atoms with van der Waals surface area (Å²) in [4.78, 5) is 27.8. The van der Waals surface area contributed by atoms with Crippen LogP contribution in [0.3, 0.4) is 0 Å². The van der Waals surface area contributed by atoms with Gasteiger partial charge in [0.25, 0.3) is 0 Å². The van der Waals surface area contributed by atoms with Crippen LogP contribution in [0, 0.1) is 11.7 Å². The molecule has 3 rings (SSSR count). The van der Waals surface area contributed by atoms with Gasteiger partial charge in [-0.25, -0.2) is 4.39 Å². The summed E-state index contributed by atoms with van der Waals surface area (Å²) in [6.07, 6.45) is 0.237. The van der Waals surface area contributed by atoms with E-state index in [0.717, 1.165) is 0 Å². The minimum absolute atomic E-state index is 0.0252. The van der Waals surface area contributed by atoms with Crippen molar-refractivity contribution in [2.45, 2.75) is 39.0 Å². The number of likely N-dealkylation sites (tertiary alicyclic amines) is 2. The Morgan fingerprint density at radius 2 is 2.00 bits per heavy atom. The zero-order valence-corrected chi connectivity index (χ0v) is 14.1. The van der Waals surface area contributed by atoms with Crippen molar-refractivity contribution in [3.8, 4) is 0 Å². The Hall–Kier alpha value is -1.95. The standard InChI is InChI=1S/C18H23FN2O3/c1-12(2)21-8-14(7-17(21)22)18(23)20-9-15(10-20)24-11-13-5-3-4-6-16(13)19/h3-6,12,14-15H,7-11H2,1-2H3/t14-/m1/s1. The van der Waals surface area contributed by atoms with E-state index >= 15 is 0 Å². The maximum atomic E-state index is 13.5. The lowest BCUT2D eigenvalue weighted by atomic mass is 10.0. The summed E-state index contributed by atoms with van der Waals surface area (Å²) < 4.78 is 19.2. The Morgan fingerprint density at radius 3 is 2.62 bits per heavy atom. The molecular formula is C18H23FN2O3. The van der Waals surface area contributed by atoms with Gasteiger partial charge in [-0.2, -0.15) is 0 Å². The van der Waals surface area contributed by atoms with Crippen molar-refractivity contribution in [2.75, 3.05) is 19.6 Å². The third kappa shape index (κ3) is 3.43. The molecule has 1 atom stereocenters. The van der Waals surface area contributed by atoms with Crippen molar-refractivity contribution in [3.63, 3.8) is 0 Å². The van der Waals surface area contributed by atoms with Crippen LogP contribution in [-0.2, 0) is 20.9 Å². The lowest BCUT2D eigenvalue weighted by Gasteiger charge is -2.40. The molecule has 2 aliphatic rings. The molecule has 2 fully saturated rings. The highest BCUT2D eigenvalue weighted by Crippen LogP contribution is 2.25. The van der Waals surface area contributed by atoms with Crippen LogP contribution in [0.25, 0.3) is 0 Å². The first kappa shape index (κ1) is 16.9. The van der Waals surface area contributed by atoms with Crippen LogP contribution in [0.5, 0.6) is 0 Å². The number of ether oxygens (including phenoxy) is 1. The predicted molar refractivity (Wildman–Crippen MR) is 86.5 cm³/mol. The Bertz CT molecular complexity index is 628. The molecule has 0 N–H and O–H groups in total. The second-order valence-corrected chi connectivity index (χ2v) is 6.81. The quantitative estimate of drug-likeness (QED) is 0.825. The van der Waals surface area contributed by atoms with Gasteiger partial charge in [-0.3, -0.25) is 9.59 Å². The molecule has 0 aliphatic carbocycles. The monoisotopic (exact) mass is 334 g/mol. The van der Waals surface area contributed by atoms with Crippen LogP contribution in [0.4, 0.5) is 4.39 Å². The van der Waals surface area contributed by atoms with E-state index in [9.17, 15) is 14.0 Å². The van der Waals surface area contributed by atoms with Gasteiger partial charge in [-0.15, -0.1) is 0 Å². The van der Waals surface area contributed by atoms with Crippen molar-refractivity contribution >= 4 is 11.8 Å². The number of carbonyl (C=O) groups excluding carboxylic acids is 2. The van der Waals surface area contributed by atoms with Crippen LogP contribution < -0.4 is 0 Å². The molecule has 0 radical (unpaired) electrons. The highest BCUT2D eigenvalue weighted by molar-refractivity contribution is 5.89. The highest BCUT2D eigenvalue weighted by Gasteiger charge is 2.41. The minimum atomic E-state index is -0.275. The van der Waals surface area contributed by atoms with Gasteiger partial charge in [-0.05, 0) is 19.9 Å². The van der Waals surface area contributed by atoms with Crippen molar-refractivity contribution in [1.82, 2.24) is 9.80 Å². The van der Waals surface area contributed by atoms with Crippen LogP contribution in [-0.4, -0.2) is 53.4 Å². The summed E-state index contributed by atoms with van der Waals surface area (Å²) in [5.74, 6) is -0.441. The minimum Gasteiger partial charge on any atom is -0.370 e. The summed E-state index contributed by atoms with van der Waals surface area (Å²) in [5.41, 5.74) is 0.524. The SMILES string of the molecule is CC(C)N1C[C@H](C(=O)N2CC(OCc3ccccc3F)C2)CC1=O. The summed E-state index contributed by atoms with van der Waals surface area (Å²) in [6, 6.07) is 6.65. The Balaban J connectivity index is 1.44. The Kier molecular flexibility index (Phi) is 4.85. The molecule has 0 spiro atoms. The molecule has 130 valence electrons. The molecule has 2 saturated heterocycles. The van der Waals surface area contributed by atoms with Gasteiger partial charge in [-0.1, -0.05) is 18.2 Å². The van der Waals surface area contributed by atoms with E-state index in [1.165, 1.54) is 6.07 Å². The molecule has 0 saturated carbocycles. The van der Waals surface area contributed by atoms with Gasteiger partial charge in [0.1, 0.15) is 5.82 Å². The van der Waals surface area contributed by atoms with E-state index in [1.54, 1.807) is 28.0 Å². The van der Waals surface area contributed by atoms with Crippen LogP contribution in [0.15, 0.2) is 24.3 Å². The number of amides is 2. The lowest BCUT2D eigenvalue weighted by molar-refractivity contribution is -0.150. The normalized spacial score (nSPS) is 21.5. The maximum absolute atomic E-state index is 13.5. The maximum Gasteiger partial charge on any atom is 0.228 e. The molecule has 5 nitrogen and oxygen atoms in total. The first-order valence-corrected chi connectivity index (χ1v) is 8.39. The number of nitrogens with zero attached hydrogens (tertiary/aromatic N) is 2. The first-order chi connectivity index (χ1) is 11.5. The third-order valence-corrected chi connectivity index (χ3v) is 4.72. The summed E-state index contributed by atoms with van der Waals surface area (Å²) >= 11 is 0. The average Bonchev–Trinajstić information content (AvgIpc) is 2.89. The summed E-state index contributed by atoms with van der Waals surface area (Å²) in [6.45, 7) is 5.66. The van der Waals surface area contributed by atoms with Crippen LogP contribution in [0.2, 0.25) is 0 Å². The lowest BCUT2D eigenvalue weighted by Crippen LogP contribution is -2.56. The van der Waals surface area contributed by atoms with E-state index in [-0.39, 0.29) is 42.3 Å². The topological polar surface area (TPSA) is 49.9 Å². The number of hydrogen-bond acceptors (Lipinski definition) is 3. The molecule has 0 bridgehead atoms. The van der Waals surface area contributed by atoms with Gasteiger partial charge in [0.2, 0.25) is 11.8 Å². The van der Waals surface area contributed by atoms with Crippen molar-refractivity contribution in [3.05, 3.63) is 35.6 Å². The number of hydrogen-bond donors (Lipinski definition) is 0. The van der Waals surface area contributed by atoms with Crippen LogP contribution in [0.1, 0.15) is 25.8 Å². The van der Waals surface area contributed by atoms with E-state index < -0.39 is 0 Å². The van der Waals surface area contributed by atoms with Crippen molar-refractivity contribution in [2.24, 2.45) is 5.92 Å². The van der Waals surface area contributed by atoms with Crippen molar-refractivity contribution in [1.29, 1.82) is 0 Å². The molecule has 2 amide bonds. The molecule has 2 heterocycles. The number of benzene rings is 1. The van der Waals surface area contributed by atoms with Gasteiger partial charge in [0.15, 0.2) is 0 Å². The van der Waals surface area contributed by atoms with Gasteiger partial charge < -0.3 is 14.5 Å². The molecule has 6 heteroatoms. The fourth-order valence-electron chi connectivity index (χ4n) is 3.20. The third-order valence-electron chi connectivity index (χ3n) is 4.72. The smallest absolute Gasteiger partial charge is 0.228 e. The molecule has 1 aromatic carbocycles. The molecule has 0 aromatic heterocycles. The first-order valence-electron chi connectivity index (χ1n) is 8.39. The number of halogens is 1. The largest absolute Gasteiger partial charge is 0.370 e. The molecule has 24 heavy (non-hydrogen) atoms. The predicted octanol–water partition coefficient (Wildman–Crippen LogP) is 1.81. The molecule has 0 unspecified atom stereocenters. The summed E-state index contributed by atoms with van der Waals surface area (Å²) in [7, 11) is 0. The van der Waals surface area contributed by atoms with E-state index in [4.69, 9.17) is 4.74 Å². The molecule has 1 aromatic rings. The van der Waals surface area contributed by atoms with E-state index in [1.807, 2.05) is 13.8 Å². The second-order valence-electron chi connectivity index (χ2n) is 6.81. The van der Waals surface area contributed by atoms with E-state index in [0.29, 0.717) is 31.6 Å². The number of rotatable bonds is 5. The van der Waals surface area contributed by atoms with Crippen LogP contribution >= 0.6 is 0 Å². The fourth-order valence-corrected chi connectivity index (χ4v) is 3.20. The van der Waals surface area contributed by atoms with Gasteiger partial charge >= 0.3 is 0 Å². The molecular weight excluding hydrogens is 311 g/mol. The van der Waals surface area contributed by atoms with Gasteiger partial charge in [0, 0.05) is 37.7 Å². The summed E-state index contributed by atoms with van der Waals surface area (Å²) in [5, 5.41) is 0. The average molecular weight is 334 g/mol. The number of carbonyl (C=O) groups is 2. The van der Waals surface area contributed by atoms with E-state index in [2.05, 4.69) is 0 Å². The fraction of sp³-hybridized carbons (Fsp3) is 0.556. The second kappa shape index (κ2) is 6.89. The Morgan fingerprint density at radius 1 is 1.29 bits per heavy atom. The molecule has 2 aliphatic heterocycles. The van der Waals surface area contributed by atoms with Gasteiger partial charge in [0.05, 0.1) is 18.6 Å². The zero-order valence-electron chi connectivity index (χ0n) is 14.1. The zero-order chi connectivity index (χ0) is 17.3.